The second-order valence-electron chi connectivity index (χ2n) is 6.05. The highest BCUT2D eigenvalue weighted by Gasteiger charge is 2.46. The summed E-state index contributed by atoms with van der Waals surface area (Å²) in [5.74, 6) is -1.12. The maximum absolute atomic E-state index is 13.4. The van der Waals surface area contributed by atoms with E-state index < -0.39 is 47.2 Å². The molecule has 124 valence electrons. The Morgan fingerprint density at radius 3 is 2.68 bits per heavy atom. The first kappa shape index (κ1) is 17.6. The average Bonchev–Trinajstić information content (AvgIpc) is 2.69. The van der Waals surface area contributed by atoms with Crippen LogP contribution < -0.4 is 11.2 Å². The van der Waals surface area contributed by atoms with Gasteiger partial charge in [-0.25, -0.2) is 4.79 Å². The van der Waals surface area contributed by atoms with Crippen LogP contribution >= 0.6 is 22.6 Å². The molecule has 7 nitrogen and oxygen atoms in total. The second kappa shape index (κ2) is 6.38. The summed E-state index contributed by atoms with van der Waals surface area (Å²) in [6.07, 6.45) is -2.67. The van der Waals surface area contributed by atoms with E-state index in [0.29, 0.717) is 4.43 Å². The lowest BCUT2D eigenvalue weighted by atomic mass is 10.1. The van der Waals surface area contributed by atoms with Gasteiger partial charge in [-0.15, -0.1) is 0 Å². The summed E-state index contributed by atoms with van der Waals surface area (Å²) >= 11 is 2.08. The van der Waals surface area contributed by atoms with Crippen LogP contribution in [0.1, 0.15) is 27.0 Å². The summed E-state index contributed by atoms with van der Waals surface area (Å²) in [7, 11) is 0. The van der Waals surface area contributed by atoms with Crippen LogP contribution in [0.25, 0.3) is 0 Å². The zero-order valence-corrected chi connectivity index (χ0v) is 14.5. The number of aliphatic hydroxyl groups is 1. The van der Waals surface area contributed by atoms with Gasteiger partial charge >= 0.3 is 5.69 Å². The lowest BCUT2D eigenvalue weighted by Gasteiger charge is -2.28. The number of aliphatic hydroxyl groups excluding tert-OH is 1. The molecule has 0 radical (unpaired) electrons. The summed E-state index contributed by atoms with van der Waals surface area (Å²) in [5, 5.41) is 10.4. The van der Waals surface area contributed by atoms with E-state index in [-0.39, 0.29) is 0 Å². The van der Waals surface area contributed by atoms with Crippen LogP contribution in [-0.4, -0.2) is 43.0 Å². The standard InChI is InChI=1S/C13H18FIN2O5/c1-13(2,3)22-9-7(4-15)21-11(8(9)18)17-5-6(14)10(19)16-12(17)20/h5,7-9,11,18H,4H2,1-3H3,(H,16,19,20)/t7-,8?,9?,11-/m1/s1. The van der Waals surface area contributed by atoms with Crippen LogP contribution in [0.4, 0.5) is 4.39 Å². The number of H-pyrrole nitrogens is 1. The summed E-state index contributed by atoms with van der Waals surface area (Å²) in [6, 6.07) is 0. The Labute approximate surface area is 139 Å². The van der Waals surface area contributed by atoms with Crippen molar-refractivity contribution in [3.05, 3.63) is 32.9 Å². The van der Waals surface area contributed by atoms with Crippen molar-refractivity contribution in [3.63, 3.8) is 0 Å². The predicted octanol–water partition coefficient (Wildman–Crippen LogP) is 0.553. The van der Waals surface area contributed by atoms with Gasteiger partial charge in [0.2, 0.25) is 5.82 Å². The first-order chi connectivity index (χ1) is 10.1. The molecule has 2 N–H and O–H groups in total. The summed E-state index contributed by atoms with van der Waals surface area (Å²) in [4.78, 5) is 24.7. The molecule has 1 aliphatic heterocycles. The van der Waals surface area contributed by atoms with E-state index in [1.165, 1.54) is 0 Å². The molecule has 0 spiro atoms. The third kappa shape index (κ3) is 3.58. The van der Waals surface area contributed by atoms with Crippen molar-refractivity contribution in [1.29, 1.82) is 0 Å². The molecule has 1 aromatic heterocycles. The van der Waals surface area contributed by atoms with Crippen molar-refractivity contribution in [3.8, 4) is 0 Å². The molecule has 22 heavy (non-hydrogen) atoms. The molecule has 1 aliphatic rings. The highest BCUT2D eigenvalue weighted by molar-refractivity contribution is 14.1. The Balaban J connectivity index is 2.36. The van der Waals surface area contributed by atoms with Crippen LogP contribution in [-0.2, 0) is 9.47 Å². The molecule has 2 unspecified atom stereocenters. The Morgan fingerprint density at radius 1 is 1.50 bits per heavy atom. The highest BCUT2D eigenvalue weighted by Crippen LogP contribution is 2.33. The number of hydrogen-bond donors (Lipinski definition) is 2. The molecule has 0 aliphatic carbocycles. The van der Waals surface area contributed by atoms with Gasteiger partial charge in [0.1, 0.15) is 12.2 Å². The van der Waals surface area contributed by atoms with Crippen LogP contribution in [0.5, 0.6) is 0 Å². The van der Waals surface area contributed by atoms with Gasteiger partial charge in [0.05, 0.1) is 17.9 Å². The number of aromatic nitrogens is 2. The van der Waals surface area contributed by atoms with Crippen LogP contribution in [0.2, 0.25) is 0 Å². The molecule has 0 bridgehead atoms. The molecule has 0 aromatic carbocycles. The molecular weight excluding hydrogens is 410 g/mol. The van der Waals surface area contributed by atoms with E-state index >= 15 is 0 Å². The van der Waals surface area contributed by atoms with Gasteiger partial charge in [0.15, 0.2) is 6.23 Å². The number of rotatable bonds is 3. The monoisotopic (exact) mass is 428 g/mol. The first-order valence-corrected chi connectivity index (χ1v) is 8.25. The molecule has 1 aromatic rings. The van der Waals surface area contributed by atoms with Crippen molar-refractivity contribution in [1.82, 2.24) is 9.55 Å². The van der Waals surface area contributed by atoms with Crippen molar-refractivity contribution in [2.75, 3.05) is 4.43 Å². The van der Waals surface area contributed by atoms with Crippen molar-refractivity contribution in [2.24, 2.45) is 0 Å². The fourth-order valence-electron chi connectivity index (χ4n) is 2.28. The molecule has 9 heteroatoms. The normalized spacial score (nSPS) is 29.0. The zero-order valence-electron chi connectivity index (χ0n) is 12.4. The third-order valence-corrected chi connectivity index (χ3v) is 4.02. The van der Waals surface area contributed by atoms with Gasteiger partial charge in [0.25, 0.3) is 5.56 Å². The van der Waals surface area contributed by atoms with Crippen LogP contribution in [0, 0.1) is 5.82 Å². The first-order valence-electron chi connectivity index (χ1n) is 6.72. The zero-order chi connectivity index (χ0) is 16.7. The van der Waals surface area contributed by atoms with E-state index in [1.54, 1.807) is 0 Å². The Morgan fingerprint density at radius 2 is 2.14 bits per heavy atom. The maximum atomic E-state index is 13.4. The van der Waals surface area contributed by atoms with Gasteiger partial charge < -0.3 is 14.6 Å². The largest absolute Gasteiger partial charge is 0.386 e. The van der Waals surface area contributed by atoms with Gasteiger partial charge in [-0.05, 0) is 20.8 Å². The Kier molecular flexibility index (Phi) is 5.09. The fraction of sp³-hybridized carbons (Fsp3) is 0.692. The topological polar surface area (TPSA) is 93.5 Å². The Hall–Kier alpha value is -0.780. The fourth-order valence-corrected chi connectivity index (χ4v) is 2.99. The molecule has 1 fully saturated rings. The number of ether oxygens (including phenoxy) is 2. The van der Waals surface area contributed by atoms with E-state index in [9.17, 15) is 19.1 Å². The summed E-state index contributed by atoms with van der Waals surface area (Å²) in [6.45, 7) is 5.51. The quantitative estimate of drug-likeness (QED) is 0.542. The van der Waals surface area contributed by atoms with Gasteiger partial charge in [-0.3, -0.25) is 14.3 Å². The number of alkyl halides is 1. The smallest absolute Gasteiger partial charge is 0.330 e. The molecule has 0 amide bonds. The molecule has 2 heterocycles. The van der Waals surface area contributed by atoms with Gasteiger partial charge in [-0.2, -0.15) is 4.39 Å². The SMILES string of the molecule is CC(C)(C)OC1C(O)[C@H](n2cc(F)c(=O)[nH]c2=O)O[C@@H]1CI. The molecular formula is C13H18FIN2O5. The predicted molar refractivity (Wildman–Crippen MR) is 84.7 cm³/mol. The third-order valence-electron chi connectivity index (χ3n) is 3.15. The number of nitrogens with zero attached hydrogens (tertiary/aromatic N) is 1. The molecule has 4 atom stereocenters. The average molecular weight is 428 g/mol. The number of nitrogens with one attached hydrogen (secondary N) is 1. The minimum Gasteiger partial charge on any atom is -0.386 e. The summed E-state index contributed by atoms with van der Waals surface area (Å²) in [5.41, 5.74) is -2.48. The minimum atomic E-state index is -1.16. The summed E-state index contributed by atoms with van der Waals surface area (Å²) < 4.78 is 26.2. The molecule has 2 rings (SSSR count). The van der Waals surface area contributed by atoms with Crippen molar-refractivity contribution in [2.45, 2.75) is 50.9 Å². The number of aromatic amines is 1. The molecule has 1 saturated heterocycles. The minimum absolute atomic E-state index is 0.457. The molecule has 0 saturated carbocycles. The van der Waals surface area contributed by atoms with Gasteiger partial charge in [-0.1, -0.05) is 22.6 Å². The maximum Gasteiger partial charge on any atom is 0.330 e. The van der Waals surface area contributed by atoms with E-state index in [1.807, 2.05) is 25.8 Å². The van der Waals surface area contributed by atoms with Crippen molar-refractivity contribution >= 4 is 22.6 Å². The lowest BCUT2D eigenvalue weighted by Crippen LogP contribution is -2.42. The van der Waals surface area contributed by atoms with Crippen LogP contribution in [0.3, 0.4) is 0 Å². The van der Waals surface area contributed by atoms with E-state index in [4.69, 9.17) is 9.47 Å². The van der Waals surface area contributed by atoms with Crippen LogP contribution in [0.15, 0.2) is 15.8 Å². The highest BCUT2D eigenvalue weighted by atomic mass is 127. The Bertz CT molecular complexity index is 653. The number of hydrogen-bond acceptors (Lipinski definition) is 5. The lowest BCUT2D eigenvalue weighted by molar-refractivity contribution is -0.108. The number of halogens is 2. The van der Waals surface area contributed by atoms with Gasteiger partial charge in [0, 0.05) is 4.43 Å². The van der Waals surface area contributed by atoms with Crippen molar-refractivity contribution < 1.29 is 19.0 Å². The van der Waals surface area contributed by atoms with E-state index in [0.717, 1.165) is 10.8 Å². The second-order valence-corrected chi connectivity index (χ2v) is 6.93. The van der Waals surface area contributed by atoms with E-state index in [2.05, 4.69) is 22.6 Å².